The molecule has 1 aromatic rings. The Morgan fingerprint density at radius 2 is 1.83 bits per heavy atom. The molecule has 1 aromatic carbocycles. The average Bonchev–Trinajstić information content (AvgIpc) is 2.37. The van der Waals surface area contributed by atoms with Gasteiger partial charge in [0.15, 0.2) is 0 Å². The Bertz CT molecular complexity index is 389. The molecule has 18 heavy (non-hydrogen) atoms. The van der Waals surface area contributed by atoms with Crippen LogP contribution in [-0.4, -0.2) is 35.5 Å². The highest BCUT2D eigenvalue weighted by Crippen LogP contribution is 2.06. The van der Waals surface area contributed by atoms with E-state index in [1.54, 1.807) is 7.05 Å². The first-order chi connectivity index (χ1) is 8.59. The molecule has 1 amide bonds. The molecule has 0 heterocycles. The third-order valence-electron chi connectivity index (χ3n) is 2.79. The molecular formula is C14H19NO3. The van der Waals surface area contributed by atoms with Crippen LogP contribution in [0.5, 0.6) is 0 Å². The van der Waals surface area contributed by atoms with E-state index in [2.05, 4.69) is 0 Å². The van der Waals surface area contributed by atoms with Crippen molar-refractivity contribution in [1.29, 1.82) is 0 Å². The lowest BCUT2D eigenvalue weighted by Gasteiger charge is -2.15. The number of amides is 1. The Morgan fingerprint density at radius 3 is 2.44 bits per heavy atom. The highest BCUT2D eigenvalue weighted by Gasteiger charge is 2.09. The standard InChI is InChI=1S/C14H19NO3/c1-15(11-10-14(17)18)13(16)9-5-8-12-6-3-2-4-7-12/h2-4,6-7H,5,8-11H2,1H3,(H,17,18). The van der Waals surface area contributed by atoms with E-state index in [1.807, 2.05) is 30.3 Å². The number of hydrogen-bond donors (Lipinski definition) is 1. The van der Waals surface area contributed by atoms with Crippen LogP contribution in [0, 0.1) is 0 Å². The van der Waals surface area contributed by atoms with Gasteiger partial charge in [0.2, 0.25) is 5.91 Å². The van der Waals surface area contributed by atoms with Crippen LogP contribution in [-0.2, 0) is 16.0 Å². The first kappa shape index (κ1) is 14.2. The summed E-state index contributed by atoms with van der Waals surface area (Å²) in [5.41, 5.74) is 1.22. The smallest absolute Gasteiger partial charge is 0.305 e. The maximum Gasteiger partial charge on any atom is 0.305 e. The molecule has 0 bridgehead atoms. The molecule has 0 fully saturated rings. The van der Waals surface area contributed by atoms with Crippen molar-refractivity contribution in [3.05, 3.63) is 35.9 Å². The maximum absolute atomic E-state index is 11.7. The molecular weight excluding hydrogens is 230 g/mol. The van der Waals surface area contributed by atoms with Gasteiger partial charge in [-0.3, -0.25) is 9.59 Å². The summed E-state index contributed by atoms with van der Waals surface area (Å²) in [6.07, 6.45) is 2.13. The monoisotopic (exact) mass is 249 g/mol. The lowest BCUT2D eigenvalue weighted by Crippen LogP contribution is -2.28. The molecule has 0 atom stereocenters. The summed E-state index contributed by atoms with van der Waals surface area (Å²) in [6, 6.07) is 10.0. The Labute approximate surface area is 107 Å². The van der Waals surface area contributed by atoms with E-state index >= 15 is 0 Å². The van der Waals surface area contributed by atoms with Crippen molar-refractivity contribution in [2.24, 2.45) is 0 Å². The van der Waals surface area contributed by atoms with E-state index in [0.717, 1.165) is 12.8 Å². The molecule has 4 heteroatoms. The third kappa shape index (κ3) is 5.48. The second-order valence-electron chi connectivity index (χ2n) is 4.30. The molecule has 0 aromatic heterocycles. The first-order valence-corrected chi connectivity index (χ1v) is 6.09. The molecule has 0 aliphatic heterocycles. The van der Waals surface area contributed by atoms with E-state index in [9.17, 15) is 9.59 Å². The number of rotatable bonds is 7. The highest BCUT2D eigenvalue weighted by molar-refractivity contribution is 5.76. The molecule has 0 radical (unpaired) electrons. The van der Waals surface area contributed by atoms with Gasteiger partial charge in [0, 0.05) is 20.0 Å². The fourth-order valence-electron chi connectivity index (χ4n) is 1.67. The number of nitrogens with zero attached hydrogens (tertiary/aromatic N) is 1. The van der Waals surface area contributed by atoms with Crippen molar-refractivity contribution in [2.75, 3.05) is 13.6 Å². The van der Waals surface area contributed by atoms with Crippen LogP contribution in [0.15, 0.2) is 30.3 Å². The van der Waals surface area contributed by atoms with Crippen LogP contribution in [0.4, 0.5) is 0 Å². The Hall–Kier alpha value is -1.84. The van der Waals surface area contributed by atoms with Gasteiger partial charge in [0.05, 0.1) is 6.42 Å². The van der Waals surface area contributed by atoms with Crippen molar-refractivity contribution < 1.29 is 14.7 Å². The largest absolute Gasteiger partial charge is 0.481 e. The van der Waals surface area contributed by atoms with Crippen LogP contribution < -0.4 is 0 Å². The Morgan fingerprint density at radius 1 is 1.17 bits per heavy atom. The van der Waals surface area contributed by atoms with Gasteiger partial charge in [-0.2, -0.15) is 0 Å². The molecule has 0 saturated heterocycles. The van der Waals surface area contributed by atoms with Gasteiger partial charge in [-0.15, -0.1) is 0 Å². The molecule has 1 N–H and O–H groups in total. The van der Waals surface area contributed by atoms with Gasteiger partial charge < -0.3 is 10.0 Å². The molecule has 0 unspecified atom stereocenters. The molecule has 0 spiro atoms. The summed E-state index contributed by atoms with van der Waals surface area (Å²) in [7, 11) is 1.65. The number of benzene rings is 1. The second-order valence-corrected chi connectivity index (χ2v) is 4.30. The van der Waals surface area contributed by atoms with E-state index in [-0.39, 0.29) is 18.9 Å². The van der Waals surface area contributed by atoms with Crippen LogP contribution in [0.25, 0.3) is 0 Å². The van der Waals surface area contributed by atoms with Gasteiger partial charge in [-0.05, 0) is 18.4 Å². The zero-order valence-electron chi connectivity index (χ0n) is 10.6. The summed E-state index contributed by atoms with van der Waals surface area (Å²) >= 11 is 0. The maximum atomic E-state index is 11.7. The normalized spacial score (nSPS) is 10.1. The van der Waals surface area contributed by atoms with Gasteiger partial charge in [0.1, 0.15) is 0 Å². The Kier molecular flexibility index (Phi) is 5.91. The topological polar surface area (TPSA) is 57.6 Å². The van der Waals surface area contributed by atoms with Crippen LogP contribution in [0.3, 0.4) is 0 Å². The zero-order valence-corrected chi connectivity index (χ0v) is 10.6. The molecule has 0 aliphatic rings. The SMILES string of the molecule is CN(CCC(=O)O)C(=O)CCCc1ccccc1. The molecule has 4 nitrogen and oxygen atoms in total. The van der Waals surface area contributed by atoms with E-state index < -0.39 is 5.97 Å². The molecule has 0 aliphatic carbocycles. The van der Waals surface area contributed by atoms with Crippen molar-refractivity contribution in [1.82, 2.24) is 4.90 Å². The van der Waals surface area contributed by atoms with E-state index in [1.165, 1.54) is 10.5 Å². The quantitative estimate of drug-likeness (QED) is 0.803. The predicted octanol–water partition coefficient (Wildman–Crippen LogP) is 1.94. The summed E-state index contributed by atoms with van der Waals surface area (Å²) in [4.78, 5) is 23.6. The van der Waals surface area contributed by atoms with Crippen molar-refractivity contribution in [3.8, 4) is 0 Å². The number of carbonyl (C=O) groups is 2. The molecule has 0 saturated carbocycles. The zero-order chi connectivity index (χ0) is 13.4. The fraction of sp³-hybridized carbons (Fsp3) is 0.429. The Balaban J connectivity index is 2.22. The number of aryl methyl sites for hydroxylation is 1. The van der Waals surface area contributed by atoms with Gasteiger partial charge in [-0.25, -0.2) is 0 Å². The number of carboxylic acid groups (broad SMARTS) is 1. The van der Waals surface area contributed by atoms with Crippen LogP contribution >= 0.6 is 0 Å². The minimum Gasteiger partial charge on any atom is -0.481 e. The minimum absolute atomic E-state index is 0.000918. The number of carbonyl (C=O) groups excluding carboxylic acids is 1. The van der Waals surface area contributed by atoms with Crippen molar-refractivity contribution in [3.63, 3.8) is 0 Å². The summed E-state index contributed by atoms with van der Waals surface area (Å²) in [6.45, 7) is 0.277. The number of hydrogen-bond acceptors (Lipinski definition) is 2. The average molecular weight is 249 g/mol. The highest BCUT2D eigenvalue weighted by atomic mass is 16.4. The summed E-state index contributed by atoms with van der Waals surface area (Å²) in [5, 5.41) is 8.53. The molecule has 1 rings (SSSR count). The summed E-state index contributed by atoms with van der Waals surface area (Å²) in [5.74, 6) is -0.869. The van der Waals surface area contributed by atoms with Crippen molar-refractivity contribution in [2.45, 2.75) is 25.7 Å². The van der Waals surface area contributed by atoms with Gasteiger partial charge in [-0.1, -0.05) is 30.3 Å². The van der Waals surface area contributed by atoms with Gasteiger partial charge in [0.25, 0.3) is 0 Å². The van der Waals surface area contributed by atoms with Crippen molar-refractivity contribution >= 4 is 11.9 Å². The fourth-order valence-corrected chi connectivity index (χ4v) is 1.67. The van der Waals surface area contributed by atoms with Crippen LogP contribution in [0.1, 0.15) is 24.8 Å². The lowest BCUT2D eigenvalue weighted by molar-refractivity contribution is -0.138. The molecule has 98 valence electrons. The first-order valence-electron chi connectivity index (χ1n) is 6.09. The van der Waals surface area contributed by atoms with Crippen LogP contribution in [0.2, 0.25) is 0 Å². The number of carboxylic acids is 1. The van der Waals surface area contributed by atoms with Gasteiger partial charge >= 0.3 is 5.97 Å². The lowest BCUT2D eigenvalue weighted by atomic mass is 10.1. The number of aliphatic carboxylic acids is 1. The van der Waals surface area contributed by atoms with E-state index in [4.69, 9.17) is 5.11 Å². The van der Waals surface area contributed by atoms with E-state index in [0.29, 0.717) is 6.42 Å². The predicted molar refractivity (Wildman–Crippen MR) is 69.3 cm³/mol. The second kappa shape index (κ2) is 7.48. The third-order valence-corrected chi connectivity index (χ3v) is 2.79. The minimum atomic E-state index is -0.876. The summed E-state index contributed by atoms with van der Waals surface area (Å²) < 4.78 is 0.